The Labute approximate surface area is 250 Å². The number of halogens is 4. The van der Waals surface area contributed by atoms with E-state index in [0.29, 0.717) is 42.7 Å². The number of piperidine rings is 2. The van der Waals surface area contributed by atoms with Gasteiger partial charge < -0.3 is 9.52 Å². The van der Waals surface area contributed by atoms with Crippen LogP contribution in [0, 0.1) is 11.2 Å². The number of hydrogen-bond donors (Lipinski definition) is 2. The van der Waals surface area contributed by atoms with E-state index in [1.807, 2.05) is 13.8 Å². The Kier molecular flexibility index (Phi) is 7.32. The first-order chi connectivity index (χ1) is 20.7. The van der Waals surface area contributed by atoms with Crippen LogP contribution in [0.3, 0.4) is 0 Å². The molecule has 0 saturated carbocycles. The van der Waals surface area contributed by atoms with Crippen LogP contribution in [0.2, 0.25) is 0 Å². The van der Waals surface area contributed by atoms with Crippen molar-refractivity contribution < 1.29 is 36.7 Å². The van der Waals surface area contributed by atoms with Crippen LogP contribution in [0.5, 0.6) is 0 Å². The highest BCUT2D eigenvalue weighted by Crippen LogP contribution is 2.48. The van der Waals surface area contributed by atoms with E-state index in [-0.39, 0.29) is 35.4 Å². The van der Waals surface area contributed by atoms with Gasteiger partial charge in [-0.25, -0.2) is 9.37 Å². The molecule has 0 radical (unpaired) electrons. The third kappa shape index (κ3) is 5.36. The quantitative estimate of drug-likeness (QED) is 0.221. The first kappa shape index (κ1) is 29.9. The van der Waals surface area contributed by atoms with Crippen LogP contribution in [0.15, 0.2) is 59.3 Å². The Morgan fingerprint density at radius 3 is 2.55 bits per heavy atom. The van der Waals surface area contributed by atoms with E-state index in [0.717, 1.165) is 11.8 Å². The summed E-state index contributed by atoms with van der Waals surface area (Å²) >= 11 is 0. The van der Waals surface area contributed by atoms with Crippen LogP contribution >= 0.6 is 0 Å². The molecule has 2 aliphatic rings. The lowest BCUT2D eigenvalue weighted by molar-refractivity contribution is -0.157. The smallest absolute Gasteiger partial charge is 0.441 e. The number of oxazole rings is 1. The van der Waals surface area contributed by atoms with E-state index in [2.05, 4.69) is 24.6 Å². The molecule has 2 amide bonds. The molecule has 1 unspecified atom stereocenters. The number of aromatic nitrogens is 2. The molecule has 0 bridgehead atoms. The van der Waals surface area contributed by atoms with Gasteiger partial charge in [0.1, 0.15) is 17.8 Å². The molecule has 12 heteroatoms. The van der Waals surface area contributed by atoms with E-state index in [1.165, 1.54) is 6.20 Å². The molecule has 4 aromatic rings. The highest BCUT2D eigenvalue weighted by atomic mass is 19.4. The summed E-state index contributed by atoms with van der Waals surface area (Å²) in [7, 11) is 0. The first-order valence-corrected chi connectivity index (χ1v) is 14.2. The van der Waals surface area contributed by atoms with Crippen LogP contribution < -0.4 is 5.32 Å². The van der Waals surface area contributed by atoms with Gasteiger partial charge in [-0.2, -0.15) is 13.2 Å². The van der Waals surface area contributed by atoms with Gasteiger partial charge in [0.25, 0.3) is 0 Å². The number of rotatable bonds is 5. The van der Waals surface area contributed by atoms with E-state index in [9.17, 15) is 27.9 Å². The van der Waals surface area contributed by atoms with Gasteiger partial charge in [0.15, 0.2) is 0 Å². The van der Waals surface area contributed by atoms with Crippen molar-refractivity contribution in [1.82, 2.24) is 20.2 Å². The van der Waals surface area contributed by atoms with E-state index in [4.69, 9.17) is 0 Å². The van der Waals surface area contributed by atoms with Gasteiger partial charge in [0.05, 0.1) is 17.0 Å². The molecule has 2 aromatic carbocycles. The minimum atomic E-state index is -4.66. The van der Waals surface area contributed by atoms with Gasteiger partial charge in [-0.3, -0.25) is 24.8 Å². The largest absolute Gasteiger partial charge is 0.468 e. The number of likely N-dealkylation sites (tertiary alicyclic amines) is 1. The Bertz CT molecular complexity index is 1750. The number of amides is 2. The fourth-order valence-corrected chi connectivity index (χ4v) is 6.34. The van der Waals surface area contributed by atoms with Crippen LogP contribution in [-0.2, 0) is 27.9 Å². The molecule has 2 aromatic heterocycles. The standard InChI is InChI=1S/C32H30F4N4O4/c1-30(2)17-40(15-18-3-5-19(6-4-18)25-16-44-29(38-25)32(34,35)36)12-11-31(30,43)23-8-9-24-22(27(23)33)13-20(14-37-24)21-7-10-26(41)39-28(21)42/h3-6,8-9,13-14,16,21,43H,7,10-12,15,17H2,1-2H3,(H,39,41,42)/t21?,31-/m1/s1. The van der Waals surface area contributed by atoms with Gasteiger partial charge in [-0.15, -0.1) is 0 Å². The second kappa shape index (κ2) is 10.8. The molecule has 2 saturated heterocycles. The van der Waals surface area contributed by atoms with Crippen LogP contribution in [0.4, 0.5) is 17.6 Å². The average molecular weight is 611 g/mol. The molecule has 0 spiro atoms. The number of carbonyl (C=O) groups excluding carboxylic acids is 2. The van der Waals surface area contributed by atoms with Crippen molar-refractivity contribution >= 4 is 22.7 Å². The summed E-state index contributed by atoms with van der Waals surface area (Å²) in [6.07, 6.45) is -1.41. The monoisotopic (exact) mass is 610 g/mol. The number of aliphatic hydroxyl groups is 1. The third-order valence-electron chi connectivity index (χ3n) is 8.84. The number of imide groups is 1. The maximum Gasteiger partial charge on any atom is 0.468 e. The van der Waals surface area contributed by atoms with Crippen LogP contribution in [0.1, 0.15) is 61.6 Å². The van der Waals surface area contributed by atoms with Gasteiger partial charge in [0.2, 0.25) is 11.8 Å². The first-order valence-electron chi connectivity index (χ1n) is 14.2. The topological polar surface area (TPSA) is 109 Å². The van der Waals surface area contributed by atoms with Crippen molar-refractivity contribution in [2.24, 2.45) is 5.41 Å². The molecule has 44 heavy (non-hydrogen) atoms. The van der Waals surface area contributed by atoms with Crippen molar-refractivity contribution in [2.45, 2.75) is 57.3 Å². The minimum Gasteiger partial charge on any atom is -0.441 e. The normalized spacial score (nSPS) is 22.8. The third-order valence-corrected chi connectivity index (χ3v) is 8.84. The van der Waals surface area contributed by atoms with Crippen LogP contribution in [-0.4, -0.2) is 44.9 Å². The van der Waals surface area contributed by atoms with Gasteiger partial charge in [-0.05, 0) is 36.1 Å². The molecule has 2 atom stereocenters. The van der Waals surface area contributed by atoms with Crippen molar-refractivity contribution in [3.8, 4) is 11.3 Å². The number of pyridine rings is 1. The fraction of sp³-hybridized carbons (Fsp3) is 0.375. The number of alkyl halides is 3. The summed E-state index contributed by atoms with van der Waals surface area (Å²) in [6, 6.07) is 11.8. The summed E-state index contributed by atoms with van der Waals surface area (Å²) in [6.45, 7) is 5.19. The van der Waals surface area contributed by atoms with Crippen LogP contribution in [0.25, 0.3) is 22.2 Å². The summed E-state index contributed by atoms with van der Waals surface area (Å²) in [5.41, 5.74) is 0.279. The molecular weight excluding hydrogens is 580 g/mol. The maximum atomic E-state index is 16.2. The number of benzene rings is 2. The van der Waals surface area contributed by atoms with Crippen molar-refractivity contribution in [3.05, 3.63) is 83.3 Å². The SMILES string of the molecule is CC1(C)CN(Cc2ccc(-c3coc(C(F)(F)F)n3)cc2)CC[C@@]1(O)c1ccc2ncc(C3CCC(=O)NC3=O)cc2c1F. The summed E-state index contributed by atoms with van der Waals surface area (Å²) in [5, 5.41) is 14.5. The van der Waals surface area contributed by atoms with E-state index >= 15 is 4.39 Å². The Balaban J connectivity index is 1.20. The second-order valence-corrected chi connectivity index (χ2v) is 12.2. The molecule has 2 aliphatic heterocycles. The zero-order chi connectivity index (χ0) is 31.4. The summed E-state index contributed by atoms with van der Waals surface area (Å²) in [4.78, 5) is 34.0. The predicted octanol–water partition coefficient (Wildman–Crippen LogP) is 5.69. The van der Waals surface area contributed by atoms with Gasteiger partial charge in [-0.1, -0.05) is 44.2 Å². The molecule has 8 nitrogen and oxygen atoms in total. The number of carbonyl (C=O) groups is 2. The number of nitrogens with one attached hydrogen (secondary N) is 1. The maximum absolute atomic E-state index is 16.2. The molecule has 6 rings (SSSR count). The highest BCUT2D eigenvalue weighted by molar-refractivity contribution is 6.01. The Morgan fingerprint density at radius 2 is 1.89 bits per heavy atom. The highest BCUT2D eigenvalue weighted by Gasteiger charge is 2.50. The number of fused-ring (bicyclic) bond motifs is 1. The lowest BCUT2D eigenvalue weighted by Crippen LogP contribution is -2.55. The minimum absolute atomic E-state index is 0.0879. The van der Waals surface area contributed by atoms with Gasteiger partial charge >= 0.3 is 12.1 Å². The average Bonchev–Trinajstić information content (AvgIpc) is 3.47. The van der Waals surface area contributed by atoms with E-state index in [1.54, 1.807) is 42.5 Å². The Morgan fingerprint density at radius 1 is 1.14 bits per heavy atom. The molecule has 4 heterocycles. The van der Waals surface area contributed by atoms with Crippen molar-refractivity contribution in [3.63, 3.8) is 0 Å². The summed E-state index contributed by atoms with van der Waals surface area (Å²) < 4.78 is 59.3. The molecule has 230 valence electrons. The van der Waals surface area contributed by atoms with Crippen molar-refractivity contribution in [1.29, 1.82) is 0 Å². The lowest BCUT2D eigenvalue weighted by atomic mass is 9.66. The van der Waals surface area contributed by atoms with Gasteiger partial charge in [0, 0.05) is 54.2 Å². The van der Waals surface area contributed by atoms with E-state index < -0.39 is 40.7 Å². The summed E-state index contributed by atoms with van der Waals surface area (Å²) in [5.74, 6) is -3.28. The lowest BCUT2D eigenvalue weighted by Gasteiger charge is -2.50. The van der Waals surface area contributed by atoms with Crippen molar-refractivity contribution in [2.75, 3.05) is 13.1 Å². The molecule has 0 aliphatic carbocycles. The Hall–Kier alpha value is -4.16. The molecular formula is C32H30F4N4O4. The number of nitrogens with zero attached hydrogens (tertiary/aromatic N) is 3. The molecule has 2 fully saturated rings. The molecule has 2 N–H and O–H groups in total. The second-order valence-electron chi connectivity index (χ2n) is 12.2. The fourth-order valence-electron chi connectivity index (χ4n) is 6.34. The number of hydrogen-bond acceptors (Lipinski definition) is 7. The zero-order valence-electron chi connectivity index (χ0n) is 24.0. The zero-order valence-corrected chi connectivity index (χ0v) is 24.0. The predicted molar refractivity (Wildman–Crippen MR) is 151 cm³/mol.